The van der Waals surface area contributed by atoms with Crippen molar-refractivity contribution in [3.63, 3.8) is 0 Å². The van der Waals surface area contributed by atoms with E-state index >= 15 is 0 Å². The van der Waals surface area contributed by atoms with Gasteiger partial charge in [-0.2, -0.15) is 0 Å². The van der Waals surface area contributed by atoms with Crippen LogP contribution in [0.15, 0.2) is 152 Å². The minimum atomic E-state index is -0.137. The zero-order valence-electron chi connectivity index (χ0n) is 28.0. The summed E-state index contributed by atoms with van der Waals surface area (Å²) in [5.74, 6) is 5.02. The molecule has 0 saturated heterocycles. The van der Waals surface area contributed by atoms with Gasteiger partial charge in [-0.1, -0.05) is 54.6 Å². The van der Waals surface area contributed by atoms with E-state index in [-0.39, 0.29) is 6.71 Å². The number of hydrogen-bond donors (Lipinski definition) is 0. The Hall–Kier alpha value is -7.26. The topological polar surface area (TPSA) is 62.9 Å². The van der Waals surface area contributed by atoms with Crippen LogP contribution in [0.2, 0.25) is 0 Å². The van der Waals surface area contributed by atoms with Crippen LogP contribution >= 0.6 is 0 Å². The quantitative estimate of drug-likeness (QED) is 0.174. The maximum absolute atomic E-state index is 6.66. The van der Waals surface area contributed by atoms with Crippen LogP contribution in [0.25, 0.3) is 67.1 Å². The van der Waals surface area contributed by atoms with Gasteiger partial charge < -0.3 is 9.47 Å². The molecule has 0 bridgehead atoms. The summed E-state index contributed by atoms with van der Waals surface area (Å²) in [5.41, 5.74) is 13.7. The van der Waals surface area contributed by atoms with Gasteiger partial charge in [-0.3, -0.25) is 17.9 Å². The van der Waals surface area contributed by atoms with E-state index in [1.54, 1.807) is 0 Å². The maximum atomic E-state index is 6.66. The van der Waals surface area contributed by atoms with Crippen LogP contribution in [0.1, 0.15) is 0 Å². The molecule has 2 aliphatic heterocycles. The predicted octanol–water partition coefficient (Wildman–Crippen LogP) is 7.90. The summed E-state index contributed by atoms with van der Waals surface area (Å²) < 4.78 is 22.4. The number of para-hydroxylation sites is 8. The second kappa shape index (κ2) is 9.74. The number of imidazole rings is 4. The molecule has 0 atom stereocenters. The Morgan fingerprint density at radius 1 is 0.396 bits per heavy atom. The summed E-state index contributed by atoms with van der Waals surface area (Å²) in [6.45, 7) is -0.137. The van der Waals surface area contributed by atoms with Crippen LogP contribution in [0.4, 0.5) is 0 Å². The smallest absolute Gasteiger partial charge is 0.260 e. The van der Waals surface area contributed by atoms with Gasteiger partial charge >= 0.3 is 0 Å². The molecule has 11 aromatic rings. The first-order valence-electron chi connectivity index (χ1n) is 17.8. The second-order valence-electron chi connectivity index (χ2n) is 13.9. The Morgan fingerprint density at radius 2 is 0.830 bits per heavy atom. The molecule has 0 fully saturated rings. The Kier molecular flexibility index (Phi) is 5.05. The van der Waals surface area contributed by atoms with Crippen molar-refractivity contribution in [2.45, 2.75) is 0 Å². The van der Waals surface area contributed by atoms with Gasteiger partial charge in [0.1, 0.15) is 23.0 Å². The number of fused-ring (bicyclic) bond motifs is 14. The molecule has 6 heterocycles. The molecule has 0 unspecified atom stereocenters. The first-order chi connectivity index (χ1) is 26.3. The molecule has 8 nitrogen and oxygen atoms in total. The monoisotopic (exact) mass is 680 g/mol. The average molecular weight is 681 g/mol. The predicted molar refractivity (Wildman–Crippen MR) is 210 cm³/mol. The second-order valence-corrected chi connectivity index (χ2v) is 13.9. The van der Waals surface area contributed by atoms with E-state index in [9.17, 15) is 0 Å². The molecule has 246 valence electrons. The number of nitrogens with zero attached hydrogens (tertiary/aromatic N) is 6. The molecule has 0 radical (unpaired) electrons. The first kappa shape index (κ1) is 27.5. The average Bonchev–Trinajstić information content (AvgIpc) is 3.94. The van der Waals surface area contributed by atoms with Crippen molar-refractivity contribution in [1.29, 1.82) is 0 Å². The molecule has 0 amide bonds. The molecule has 0 spiro atoms. The molecular weight excluding hydrogens is 655 g/mol. The standard InChI is InChI=1S/C44H25BN6O2/c1-3-12-32-30(10-1)46-43-48(34-14-5-7-16-36(34)50(32)43)26-20-22-38-28(24-26)45-29-25-27(21-23-39(29)53-41-19-9-18-40(52-38)42(41)45)49-35-15-6-8-17-37(35)51-33-13-4-2-11-31(33)47-44(49)51/h1-25H. The highest BCUT2D eigenvalue weighted by Gasteiger charge is 2.40. The van der Waals surface area contributed by atoms with Gasteiger partial charge in [0, 0.05) is 16.8 Å². The lowest BCUT2D eigenvalue weighted by atomic mass is 9.35. The molecule has 13 rings (SSSR count). The number of benzene rings is 7. The van der Waals surface area contributed by atoms with Crippen molar-refractivity contribution in [2.24, 2.45) is 0 Å². The third-order valence-corrected chi connectivity index (χ3v) is 11.1. The van der Waals surface area contributed by atoms with E-state index in [4.69, 9.17) is 19.4 Å². The SMILES string of the molecule is c1cc2c3c(c1)Oc1ccc(-n4c5ccccc5n5c6ccccc6nc45)cc1B3c1cc(-n3c4ccccc4n4c5ccccc5nc34)ccc1O2. The van der Waals surface area contributed by atoms with E-state index in [2.05, 4.69) is 139 Å². The third kappa shape index (κ3) is 3.50. The molecule has 9 heteroatoms. The van der Waals surface area contributed by atoms with Crippen LogP contribution in [0, 0.1) is 0 Å². The van der Waals surface area contributed by atoms with Gasteiger partial charge in [0.05, 0.1) is 44.1 Å². The lowest BCUT2D eigenvalue weighted by molar-refractivity contribution is 0.464. The highest BCUT2D eigenvalue weighted by molar-refractivity contribution is 6.98. The van der Waals surface area contributed by atoms with Crippen molar-refractivity contribution >= 4 is 78.8 Å². The van der Waals surface area contributed by atoms with E-state index in [0.717, 1.165) is 106 Å². The molecule has 53 heavy (non-hydrogen) atoms. The zero-order valence-corrected chi connectivity index (χ0v) is 28.0. The summed E-state index contributed by atoms with van der Waals surface area (Å²) in [5, 5.41) is 0. The minimum absolute atomic E-state index is 0.137. The zero-order chi connectivity index (χ0) is 34.4. The van der Waals surface area contributed by atoms with Crippen molar-refractivity contribution in [3.05, 3.63) is 152 Å². The maximum Gasteiger partial charge on any atom is 0.260 e. The molecule has 0 aliphatic carbocycles. The number of aromatic nitrogens is 6. The summed E-state index contributed by atoms with van der Waals surface area (Å²) in [6.07, 6.45) is 0. The van der Waals surface area contributed by atoms with Gasteiger partial charge in [0.15, 0.2) is 0 Å². The molecule has 7 aromatic carbocycles. The van der Waals surface area contributed by atoms with Crippen molar-refractivity contribution in [3.8, 4) is 34.4 Å². The van der Waals surface area contributed by atoms with Crippen molar-refractivity contribution in [1.82, 2.24) is 27.9 Å². The summed E-state index contributed by atoms with van der Waals surface area (Å²) in [7, 11) is 0. The van der Waals surface area contributed by atoms with E-state index in [0.29, 0.717) is 0 Å². The largest absolute Gasteiger partial charge is 0.458 e. The van der Waals surface area contributed by atoms with Gasteiger partial charge in [0.2, 0.25) is 11.6 Å². The number of rotatable bonds is 2. The molecule has 0 saturated carbocycles. The Balaban J connectivity index is 1.06. The van der Waals surface area contributed by atoms with E-state index in [1.165, 1.54) is 0 Å². The first-order valence-corrected chi connectivity index (χ1v) is 17.8. The highest BCUT2D eigenvalue weighted by Crippen LogP contribution is 2.37. The fourth-order valence-electron chi connectivity index (χ4n) is 8.90. The van der Waals surface area contributed by atoms with Crippen LogP contribution in [0.5, 0.6) is 23.0 Å². The Labute approximate surface area is 301 Å². The molecule has 0 N–H and O–H groups in total. The van der Waals surface area contributed by atoms with Gasteiger partial charge in [-0.15, -0.1) is 0 Å². The molecule has 4 aromatic heterocycles. The van der Waals surface area contributed by atoms with Crippen LogP contribution < -0.4 is 25.9 Å². The van der Waals surface area contributed by atoms with Crippen LogP contribution in [-0.4, -0.2) is 34.6 Å². The van der Waals surface area contributed by atoms with E-state index < -0.39 is 0 Å². The van der Waals surface area contributed by atoms with Crippen molar-refractivity contribution in [2.75, 3.05) is 0 Å². The highest BCUT2D eigenvalue weighted by atomic mass is 16.5. The van der Waals surface area contributed by atoms with E-state index in [1.807, 2.05) is 30.3 Å². The van der Waals surface area contributed by atoms with Crippen molar-refractivity contribution < 1.29 is 9.47 Å². The normalized spacial score (nSPS) is 13.2. The third-order valence-electron chi connectivity index (χ3n) is 11.1. The molecular formula is C44H25BN6O2. The number of ether oxygens (including phenoxy) is 2. The van der Waals surface area contributed by atoms with Gasteiger partial charge in [-0.25, -0.2) is 9.97 Å². The Morgan fingerprint density at radius 3 is 1.32 bits per heavy atom. The summed E-state index contributed by atoms with van der Waals surface area (Å²) in [4.78, 5) is 10.3. The lowest BCUT2D eigenvalue weighted by Crippen LogP contribution is -2.57. The fraction of sp³-hybridized carbons (Fsp3) is 0. The lowest BCUT2D eigenvalue weighted by Gasteiger charge is -2.33. The van der Waals surface area contributed by atoms with Crippen LogP contribution in [-0.2, 0) is 0 Å². The summed E-state index contributed by atoms with van der Waals surface area (Å²) in [6, 6.07) is 52.8. The van der Waals surface area contributed by atoms with Crippen LogP contribution in [0.3, 0.4) is 0 Å². The van der Waals surface area contributed by atoms with Gasteiger partial charge in [0.25, 0.3) is 6.71 Å². The minimum Gasteiger partial charge on any atom is -0.458 e. The number of hydrogen-bond acceptors (Lipinski definition) is 4. The van der Waals surface area contributed by atoms with Gasteiger partial charge in [-0.05, 0) is 108 Å². The summed E-state index contributed by atoms with van der Waals surface area (Å²) >= 11 is 0. The Bertz CT molecular complexity index is 3170. The fourth-order valence-corrected chi connectivity index (χ4v) is 8.90. The molecule has 2 aliphatic rings.